The van der Waals surface area contributed by atoms with E-state index in [4.69, 9.17) is 10.5 Å². The van der Waals surface area contributed by atoms with Gasteiger partial charge in [0.25, 0.3) is 0 Å². The summed E-state index contributed by atoms with van der Waals surface area (Å²) in [5.74, 6) is 2.06. The van der Waals surface area contributed by atoms with Crippen molar-refractivity contribution in [3.8, 4) is 5.75 Å². The standard InChI is InChI=1S/C17H18N4OS2/c1-11-3-5-14(6-4-11)22-8-16-20-13(9-23-16)10-24-17-19-12(2)7-15(18)21-17/h3-7,9H,8,10H2,1-2H3,(H2,18,19,21). The molecule has 0 unspecified atom stereocenters. The second-order valence-corrected chi connectivity index (χ2v) is 7.22. The Morgan fingerprint density at radius 1 is 1.12 bits per heavy atom. The monoisotopic (exact) mass is 358 g/mol. The minimum Gasteiger partial charge on any atom is -0.486 e. The molecule has 2 aromatic heterocycles. The zero-order chi connectivity index (χ0) is 16.9. The number of aryl methyl sites for hydroxylation is 2. The Labute approximate surface area is 149 Å². The smallest absolute Gasteiger partial charge is 0.190 e. The molecule has 0 amide bonds. The normalized spacial score (nSPS) is 10.8. The number of ether oxygens (including phenoxy) is 1. The molecule has 5 nitrogen and oxygen atoms in total. The summed E-state index contributed by atoms with van der Waals surface area (Å²) < 4.78 is 5.75. The van der Waals surface area contributed by atoms with Crippen LogP contribution in [0.1, 0.15) is 22.0 Å². The summed E-state index contributed by atoms with van der Waals surface area (Å²) in [5, 5.41) is 3.67. The van der Waals surface area contributed by atoms with Gasteiger partial charge in [0.2, 0.25) is 0 Å². The first-order valence-electron chi connectivity index (χ1n) is 7.45. The van der Waals surface area contributed by atoms with Crippen LogP contribution in [0.3, 0.4) is 0 Å². The fourth-order valence-corrected chi connectivity index (χ4v) is 3.64. The van der Waals surface area contributed by atoms with Gasteiger partial charge in [-0.3, -0.25) is 0 Å². The third-order valence-electron chi connectivity index (χ3n) is 3.19. The second-order valence-electron chi connectivity index (χ2n) is 5.34. The van der Waals surface area contributed by atoms with Crippen LogP contribution in [0.5, 0.6) is 5.75 Å². The molecular weight excluding hydrogens is 340 g/mol. The molecule has 2 heterocycles. The number of hydrogen-bond acceptors (Lipinski definition) is 7. The van der Waals surface area contributed by atoms with Crippen molar-refractivity contribution in [1.29, 1.82) is 0 Å². The summed E-state index contributed by atoms with van der Waals surface area (Å²) in [6.45, 7) is 4.44. The maximum atomic E-state index is 5.75. The summed E-state index contributed by atoms with van der Waals surface area (Å²) in [4.78, 5) is 13.2. The van der Waals surface area contributed by atoms with Gasteiger partial charge in [-0.1, -0.05) is 29.5 Å². The molecule has 0 spiro atoms. The first-order chi connectivity index (χ1) is 11.6. The van der Waals surface area contributed by atoms with E-state index in [-0.39, 0.29) is 0 Å². The lowest BCUT2D eigenvalue weighted by molar-refractivity contribution is 0.305. The second kappa shape index (κ2) is 7.63. The van der Waals surface area contributed by atoms with Crippen LogP contribution in [0.25, 0.3) is 0 Å². The molecule has 0 fully saturated rings. The highest BCUT2D eigenvalue weighted by atomic mass is 32.2. The molecule has 3 rings (SSSR count). The molecule has 1 aromatic carbocycles. The SMILES string of the molecule is Cc1ccc(OCc2nc(CSc3nc(C)cc(N)n3)cs2)cc1. The van der Waals surface area contributed by atoms with Crippen molar-refractivity contribution >= 4 is 28.9 Å². The van der Waals surface area contributed by atoms with Crippen LogP contribution in [-0.2, 0) is 12.4 Å². The maximum Gasteiger partial charge on any atom is 0.190 e. The Kier molecular flexibility index (Phi) is 5.32. The number of nitrogens with zero attached hydrogens (tertiary/aromatic N) is 3. The van der Waals surface area contributed by atoms with E-state index in [2.05, 4.69) is 21.9 Å². The van der Waals surface area contributed by atoms with Gasteiger partial charge in [0.15, 0.2) is 5.16 Å². The van der Waals surface area contributed by atoms with Crippen LogP contribution in [0.2, 0.25) is 0 Å². The van der Waals surface area contributed by atoms with E-state index in [1.165, 1.54) is 17.3 Å². The average Bonchev–Trinajstić information content (AvgIpc) is 2.99. The number of hydrogen-bond donors (Lipinski definition) is 1. The van der Waals surface area contributed by atoms with Gasteiger partial charge in [0, 0.05) is 22.9 Å². The summed E-state index contributed by atoms with van der Waals surface area (Å²) in [6.07, 6.45) is 0. The van der Waals surface area contributed by atoms with Crippen molar-refractivity contribution < 1.29 is 4.74 Å². The number of anilines is 1. The predicted octanol–water partition coefficient (Wildman–Crippen LogP) is 4.00. The van der Waals surface area contributed by atoms with Gasteiger partial charge < -0.3 is 10.5 Å². The van der Waals surface area contributed by atoms with Crippen molar-refractivity contribution in [1.82, 2.24) is 15.0 Å². The van der Waals surface area contributed by atoms with Gasteiger partial charge in [-0.25, -0.2) is 15.0 Å². The van der Waals surface area contributed by atoms with E-state index in [1.807, 2.05) is 36.6 Å². The Balaban J connectivity index is 1.54. The number of nitrogen functional groups attached to an aromatic ring is 1. The number of thiazole rings is 1. The summed E-state index contributed by atoms with van der Waals surface area (Å²) in [7, 11) is 0. The molecule has 0 radical (unpaired) electrons. The topological polar surface area (TPSA) is 73.9 Å². The molecule has 124 valence electrons. The lowest BCUT2D eigenvalue weighted by atomic mass is 10.2. The van der Waals surface area contributed by atoms with E-state index in [0.717, 1.165) is 22.1 Å². The predicted molar refractivity (Wildman–Crippen MR) is 98.4 cm³/mol. The zero-order valence-electron chi connectivity index (χ0n) is 13.5. The molecule has 0 aliphatic carbocycles. The van der Waals surface area contributed by atoms with Gasteiger partial charge in [0.1, 0.15) is 23.2 Å². The molecule has 0 saturated heterocycles. The summed E-state index contributed by atoms with van der Waals surface area (Å²) >= 11 is 3.13. The molecular formula is C17H18N4OS2. The molecule has 7 heteroatoms. The van der Waals surface area contributed by atoms with E-state index in [9.17, 15) is 0 Å². The Hall–Kier alpha value is -2.12. The molecule has 3 aromatic rings. The number of benzene rings is 1. The molecule has 0 aliphatic heterocycles. The van der Waals surface area contributed by atoms with Gasteiger partial charge >= 0.3 is 0 Å². The number of rotatable bonds is 6. The van der Waals surface area contributed by atoms with Crippen molar-refractivity contribution in [3.05, 3.63) is 57.7 Å². The van der Waals surface area contributed by atoms with Gasteiger partial charge in [-0.15, -0.1) is 11.3 Å². The number of nitrogens with two attached hydrogens (primary N) is 1. The molecule has 0 bridgehead atoms. The molecule has 0 saturated carbocycles. The first-order valence-corrected chi connectivity index (χ1v) is 9.32. The van der Waals surface area contributed by atoms with E-state index >= 15 is 0 Å². The third-order valence-corrected chi connectivity index (χ3v) is 4.94. The van der Waals surface area contributed by atoms with Crippen LogP contribution < -0.4 is 10.5 Å². The van der Waals surface area contributed by atoms with Crippen molar-refractivity contribution in [2.75, 3.05) is 5.73 Å². The fourth-order valence-electron chi connectivity index (χ4n) is 2.03. The van der Waals surface area contributed by atoms with Crippen LogP contribution in [-0.4, -0.2) is 15.0 Å². The number of aromatic nitrogens is 3. The minimum absolute atomic E-state index is 0.478. The van der Waals surface area contributed by atoms with Crippen LogP contribution in [0.15, 0.2) is 40.9 Å². The lowest BCUT2D eigenvalue weighted by Gasteiger charge is -2.04. The van der Waals surface area contributed by atoms with Crippen molar-refractivity contribution in [3.63, 3.8) is 0 Å². The van der Waals surface area contributed by atoms with E-state index < -0.39 is 0 Å². The summed E-state index contributed by atoms with van der Waals surface area (Å²) in [5.41, 5.74) is 8.83. The van der Waals surface area contributed by atoms with E-state index in [0.29, 0.717) is 23.3 Å². The zero-order valence-corrected chi connectivity index (χ0v) is 15.2. The molecule has 0 atom stereocenters. The van der Waals surface area contributed by atoms with Gasteiger partial charge in [0.05, 0.1) is 5.69 Å². The van der Waals surface area contributed by atoms with Crippen molar-refractivity contribution in [2.45, 2.75) is 31.4 Å². The Morgan fingerprint density at radius 3 is 2.67 bits per heavy atom. The molecule has 2 N–H and O–H groups in total. The Bertz CT molecular complexity index is 797. The minimum atomic E-state index is 0.478. The maximum absolute atomic E-state index is 5.75. The largest absolute Gasteiger partial charge is 0.486 e. The Morgan fingerprint density at radius 2 is 1.92 bits per heavy atom. The van der Waals surface area contributed by atoms with Gasteiger partial charge in [-0.2, -0.15) is 0 Å². The highest BCUT2D eigenvalue weighted by molar-refractivity contribution is 7.98. The average molecular weight is 358 g/mol. The first kappa shape index (κ1) is 16.7. The van der Waals surface area contributed by atoms with Crippen LogP contribution in [0.4, 0.5) is 5.82 Å². The third kappa shape index (κ3) is 4.69. The van der Waals surface area contributed by atoms with Crippen molar-refractivity contribution in [2.24, 2.45) is 0 Å². The summed E-state index contributed by atoms with van der Waals surface area (Å²) in [6, 6.07) is 9.77. The quantitative estimate of drug-likeness (QED) is 0.530. The van der Waals surface area contributed by atoms with E-state index in [1.54, 1.807) is 17.4 Å². The lowest BCUT2D eigenvalue weighted by Crippen LogP contribution is -1.97. The molecule has 24 heavy (non-hydrogen) atoms. The van der Waals surface area contributed by atoms with Crippen LogP contribution >= 0.6 is 23.1 Å². The van der Waals surface area contributed by atoms with Crippen LogP contribution in [0, 0.1) is 13.8 Å². The van der Waals surface area contributed by atoms with Gasteiger partial charge in [-0.05, 0) is 26.0 Å². The highest BCUT2D eigenvalue weighted by Gasteiger charge is 2.06. The number of thioether (sulfide) groups is 1. The fraction of sp³-hybridized carbons (Fsp3) is 0.235. The highest BCUT2D eigenvalue weighted by Crippen LogP contribution is 2.22. The molecule has 0 aliphatic rings.